The monoisotopic (exact) mass is 316 g/mol. The molecule has 0 unspecified atom stereocenters. The fraction of sp³-hybridized carbons (Fsp3) is 0.588. The maximum Gasteiger partial charge on any atom is 0.315 e. The van der Waals surface area contributed by atoms with Crippen molar-refractivity contribution >= 4 is 17.6 Å². The van der Waals surface area contributed by atoms with Crippen LogP contribution >= 0.6 is 0 Å². The molecule has 1 aliphatic heterocycles. The average Bonchev–Trinajstić information content (AvgIpc) is 3.34. The van der Waals surface area contributed by atoms with Crippen LogP contribution < -0.4 is 15.5 Å². The number of hydrogen-bond acceptors (Lipinski definition) is 3. The first-order valence-electron chi connectivity index (χ1n) is 8.42. The predicted molar refractivity (Wildman–Crippen MR) is 88.1 cm³/mol. The van der Waals surface area contributed by atoms with Gasteiger partial charge in [0.25, 0.3) is 0 Å². The van der Waals surface area contributed by atoms with Crippen LogP contribution in [0.15, 0.2) is 24.5 Å². The molecule has 0 radical (unpaired) electrons. The van der Waals surface area contributed by atoms with Crippen molar-refractivity contribution in [3.8, 4) is 0 Å². The topological polar surface area (TPSA) is 74.3 Å². The number of aromatic nitrogens is 1. The smallest absolute Gasteiger partial charge is 0.315 e. The molecule has 6 nitrogen and oxygen atoms in total. The van der Waals surface area contributed by atoms with E-state index in [-0.39, 0.29) is 18.0 Å². The zero-order valence-electron chi connectivity index (χ0n) is 13.5. The molecule has 3 amide bonds. The van der Waals surface area contributed by atoms with Crippen molar-refractivity contribution in [2.45, 2.75) is 51.1 Å². The van der Waals surface area contributed by atoms with E-state index >= 15 is 0 Å². The molecule has 1 aromatic rings. The van der Waals surface area contributed by atoms with E-state index < -0.39 is 6.04 Å². The van der Waals surface area contributed by atoms with Gasteiger partial charge in [0.1, 0.15) is 6.04 Å². The fourth-order valence-corrected chi connectivity index (χ4v) is 3.12. The van der Waals surface area contributed by atoms with Gasteiger partial charge in [-0.3, -0.25) is 9.78 Å². The molecule has 2 heterocycles. The van der Waals surface area contributed by atoms with Gasteiger partial charge in [-0.25, -0.2) is 4.79 Å². The van der Waals surface area contributed by atoms with E-state index in [1.807, 2.05) is 19.1 Å². The van der Waals surface area contributed by atoms with Crippen molar-refractivity contribution in [2.75, 3.05) is 11.4 Å². The molecule has 0 spiro atoms. The van der Waals surface area contributed by atoms with E-state index in [1.54, 1.807) is 17.3 Å². The summed E-state index contributed by atoms with van der Waals surface area (Å²) in [7, 11) is 0. The number of nitrogens with one attached hydrogen (secondary N) is 2. The number of pyridine rings is 1. The Morgan fingerprint density at radius 1 is 1.43 bits per heavy atom. The minimum absolute atomic E-state index is 0.0609. The van der Waals surface area contributed by atoms with Crippen LogP contribution in [-0.4, -0.2) is 35.6 Å². The molecule has 3 rings (SSSR count). The van der Waals surface area contributed by atoms with Gasteiger partial charge in [-0.1, -0.05) is 12.8 Å². The van der Waals surface area contributed by atoms with Crippen LogP contribution in [0.4, 0.5) is 10.5 Å². The molecule has 2 fully saturated rings. The highest BCUT2D eigenvalue weighted by Crippen LogP contribution is 2.33. The summed E-state index contributed by atoms with van der Waals surface area (Å²) in [5, 5.41) is 5.77. The molecule has 2 aliphatic rings. The Morgan fingerprint density at radius 3 is 2.96 bits per heavy atom. The first-order chi connectivity index (χ1) is 11.1. The van der Waals surface area contributed by atoms with Gasteiger partial charge in [0.05, 0.1) is 11.9 Å². The van der Waals surface area contributed by atoms with Crippen LogP contribution in [0.1, 0.15) is 39.0 Å². The van der Waals surface area contributed by atoms with Crippen LogP contribution in [0.3, 0.4) is 0 Å². The number of anilines is 1. The molecule has 1 aromatic heterocycles. The molecule has 1 saturated carbocycles. The molecule has 1 saturated heterocycles. The van der Waals surface area contributed by atoms with E-state index in [4.69, 9.17) is 0 Å². The van der Waals surface area contributed by atoms with Gasteiger partial charge in [0.2, 0.25) is 5.91 Å². The third-order valence-electron chi connectivity index (χ3n) is 4.46. The number of rotatable bonds is 5. The van der Waals surface area contributed by atoms with Crippen LogP contribution in [0.2, 0.25) is 0 Å². The zero-order chi connectivity index (χ0) is 16.2. The van der Waals surface area contributed by atoms with Crippen molar-refractivity contribution in [3.63, 3.8) is 0 Å². The van der Waals surface area contributed by atoms with Crippen LogP contribution in [0, 0.1) is 5.92 Å². The third-order valence-corrected chi connectivity index (χ3v) is 4.46. The SMILES string of the molecule is C[C@H](CC1CC1)NC(=O)N[C@H]1CCCN(c2cccnc2)C1=O. The number of nitrogens with zero attached hydrogens (tertiary/aromatic N) is 2. The summed E-state index contributed by atoms with van der Waals surface area (Å²) >= 11 is 0. The van der Waals surface area contributed by atoms with Gasteiger partial charge in [-0.15, -0.1) is 0 Å². The minimum atomic E-state index is -0.461. The lowest BCUT2D eigenvalue weighted by Crippen LogP contribution is -2.55. The highest BCUT2D eigenvalue weighted by atomic mass is 16.2. The van der Waals surface area contributed by atoms with Gasteiger partial charge < -0.3 is 15.5 Å². The molecule has 23 heavy (non-hydrogen) atoms. The largest absolute Gasteiger partial charge is 0.336 e. The quantitative estimate of drug-likeness (QED) is 0.873. The molecule has 1 aliphatic carbocycles. The standard InChI is InChI=1S/C17H24N4O2/c1-12(10-13-6-7-13)19-17(23)20-15-5-3-9-21(16(15)22)14-4-2-8-18-11-14/h2,4,8,11-13,15H,3,5-7,9-10H2,1H3,(H2,19,20,23)/t12-,15+/m1/s1. The molecular weight excluding hydrogens is 292 g/mol. The average molecular weight is 316 g/mol. The van der Waals surface area contributed by atoms with Crippen molar-refractivity contribution in [2.24, 2.45) is 5.92 Å². The highest BCUT2D eigenvalue weighted by molar-refractivity contribution is 5.99. The zero-order valence-corrected chi connectivity index (χ0v) is 13.5. The van der Waals surface area contributed by atoms with Gasteiger partial charge in [0, 0.05) is 18.8 Å². The summed E-state index contributed by atoms with van der Waals surface area (Å²) in [6, 6.07) is 3.12. The first kappa shape index (κ1) is 15.8. The molecule has 2 atom stereocenters. The second-order valence-electron chi connectivity index (χ2n) is 6.59. The Bertz CT molecular complexity index is 559. The summed E-state index contributed by atoms with van der Waals surface area (Å²) < 4.78 is 0. The predicted octanol–water partition coefficient (Wildman–Crippen LogP) is 2.06. The number of piperidine rings is 1. The van der Waals surface area contributed by atoms with Gasteiger partial charge in [-0.05, 0) is 44.2 Å². The lowest BCUT2D eigenvalue weighted by atomic mass is 10.0. The molecule has 2 N–H and O–H groups in total. The van der Waals surface area contributed by atoms with E-state index in [9.17, 15) is 9.59 Å². The second kappa shape index (κ2) is 6.98. The first-order valence-corrected chi connectivity index (χ1v) is 8.42. The van der Waals surface area contributed by atoms with E-state index in [0.717, 1.165) is 24.4 Å². The number of hydrogen-bond donors (Lipinski definition) is 2. The summed E-state index contributed by atoms with van der Waals surface area (Å²) in [5.74, 6) is 0.705. The summed E-state index contributed by atoms with van der Waals surface area (Å²) in [5.41, 5.74) is 0.784. The van der Waals surface area contributed by atoms with Crippen molar-refractivity contribution in [1.29, 1.82) is 0 Å². The minimum Gasteiger partial charge on any atom is -0.336 e. The van der Waals surface area contributed by atoms with Crippen LogP contribution in [0.5, 0.6) is 0 Å². The van der Waals surface area contributed by atoms with E-state index in [0.29, 0.717) is 13.0 Å². The van der Waals surface area contributed by atoms with Gasteiger partial charge >= 0.3 is 6.03 Å². The number of carbonyl (C=O) groups excluding carboxylic acids is 2. The molecular formula is C17H24N4O2. The maximum absolute atomic E-state index is 12.6. The normalized spacial score (nSPS) is 22.6. The lowest BCUT2D eigenvalue weighted by Gasteiger charge is -2.32. The van der Waals surface area contributed by atoms with Gasteiger partial charge in [-0.2, -0.15) is 0 Å². The van der Waals surface area contributed by atoms with Crippen LogP contribution in [-0.2, 0) is 4.79 Å². The van der Waals surface area contributed by atoms with Crippen LogP contribution in [0.25, 0.3) is 0 Å². The fourth-order valence-electron chi connectivity index (χ4n) is 3.12. The lowest BCUT2D eigenvalue weighted by molar-refractivity contribution is -0.121. The second-order valence-corrected chi connectivity index (χ2v) is 6.59. The maximum atomic E-state index is 12.6. The molecule has 6 heteroatoms. The number of amides is 3. The molecule has 0 bridgehead atoms. The van der Waals surface area contributed by atoms with Gasteiger partial charge in [0.15, 0.2) is 0 Å². The number of urea groups is 1. The molecule has 0 aromatic carbocycles. The third kappa shape index (κ3) is 4.21. The molecule has 124 valence electrons. The van der Waals surface area contributed by atoms with Crippen molar-refractivity contribution in [1.82, 2.24) is 15.6 Å². The van der Waals surface area contributed by atoms with E-state index in [2.05, 4.69) is 15.6 Å². The summed E-state index contributed by atoms with van der Waals surface area (Å²) in [6.45, 7) is 2.69. The summed E-state index contributed by atoms with van der Waals surface area (Å²) in [4.78, 5) is 30.5. The number of carbonyl (C=O) groups is 2. The Morgan fingerprint density at radius 2 is 2.26 bits per heavy atom. The van der Waals surface area contributed by atoms with Crippen molar-refractivity contribution < 1.29 is 9.59 Å². The Kier molecular flexibility index (Phi) is 4.79. The Balaban J connectivity index is 1.54. The van der Waals surface area contributed by atoms with Crippen molar-refractivity contribution in [3.05, 3.63) is 24.5 Å². The summed E-state index contributed by atoms with van der Waals surface area (Å²) in [6.07, 6.45) is 8.47. The highest BCUT2D eigenvalue weighted by Gasteiger charge is 2.31. The Labute approximate surface area is 136 Å². The van der Waals surface area contributed by atoms with E-state index in [1.165, 1.54) is 12.8 Å². The Hall–Kier alpha value is -2.11.